The van der Waals surface area contributed by atoms with Crippen molar-refractivity contribution in [3.05, 3.63) is 29.8 Å². The van der Waals surface area contributed by atoms with Gasteiger partial charge in [-0.3, -0.25) is 4.79 Å². The fraction of sp³-hybridized carbons (Fsp3) is 0.562. The first-order chi connectivity index (χ1) is 9.34. The SMILES string of the molecule is CC(C(=O)NCCOc1cccc(CO)c1)C(C)(C)C. The van der Waals surface area contributed by atoms with Gasteiger partial charge in [0, 0.05) is 5.92 Å². The van der Waals surface area contributed by atoms with E-state index in [1.165, 1.54) is 0 Å². The van der Waals surface area contributed by atoms with Crippen LogP contribution >= 0.6 is 0 Å². The fourth-order valence-corrected chi connectivity index (χ4v) is 1.62. The molecule has 112 valence electrons. The molecule has 0 radical (unpaired) electrons. The van der Waals surface area contributed by atoms with E-state index >= 15 is 0 Å². The monoisotopic (exact) mass is 279 g/mol. The highest BCUT2D eigenvalue weighted by Gasteiger charge is 2.26. The van der Waals surface area contributed by atoms with Gasteiger partial charge in [-0.2, -0.15) is 0 Å². The average Bonchev–Trinajstić information content (AvgIpc) is 2.41. The van der Waals surface area contributed by atoms with Crippen LogP contribution in [0, 0.1) is 11.3 Å². The molecule has 0 aromatic heterocycles. The fourth-order valence-electron chi connectivity index (χ4n) is 1.62. The summed E-state index contributed by atoms with van der Waals surface area (Å²) >= 11 is 0. The van der Waals surface area contributed by atoms with Gasteiger partial charge in [0.05, 0.1) is 13.2 Å². The molecule has 0 aliphatic heterocycles. The van der Waals surface area contributed by atoms with Crippen LogP contribution < -0.4 is 10.1 Å². The summed E-state index contributed by atoms with van der Waals surface area (Å²) in [5, 5.41) is 11.9. The van der Waals surface area contributed by atoms with E-state index < -0.39 is 0 Å². The highest BCUT2D eigenvalue weighted by atomic mass is 16.5. The molecular weight excluding hydrogens is 254 g/mol. The van der Waals surface area contributed by atoms with Crippen LogP contribution in [0.2, 0.25) is 0 Å². The zero-order valence-corrected chi connectivity index (χ0v) is 12.8. The number of carbonyl (C=O) groups excluding carboxylic acids is 1. The Hall–Kier alpha value is -1.55. The predicted molar refractivity (Wildman–Crippen MR) is 79.5 cm³/mol. The second-order valence-electron chi connectivity index (χ2n) is 6.03. The van der Waals surface area contributed by atoms with E-state index in [0.29, 0.717) is 18.9 Å². The Morgan fingerprint density at radius 3 is 2.70 bits per heavy atom. The van der Waals surface area contributed by atoms with Crippen molar-refractivity contribution in [2.45, 2.75) is 34.3 Å². The van der Waals surface area contributed by atoms with Crippen LogP contribution in [-0.2, 0) is 11.4 Å². The number of aliphatic hydroxyl groups excluding tert-OH is 1. The lowest BCUT2D eigenvalue weighted by atomic mass is 9.81. The number of hydrogen-bond donors (Lipinski definition) is 2. The maximum Gasteiger partial charge on any atom is 0.223 e. The molecule has 1 unspecified atom stereocenters. The average molecular weight is 279 g/mol. The van der Waals surface area contributed by atoms with Gasteiger partial charge in [-0.05, 0) is 23.1 Å². The first kappa shape index (κ1) is 16.5. The molecule has 2 N–H and O–H groups in total. The summed E-state index contributed by atoms with van der Waals surface area (Å²) in [6.07, 6.45) is 0. The highest BCUT2D eigenvalue weighted by molar-refractivity contribution is 5.78. The number of nitrogens with one attached hydrogen (secondary N) is 1. The second kappa shape index (κ2) is 7.29. The molecule has 1 aromatic carbocycles. The smallest absolute Gasteiger partial charge is 0.223 e. The van der Waals surface area contributed by atoms with Crippen molar-refractivity contribution in [1.82, 2.24) is 5.32 Å². The molecule has 20 heavy (non-hydrogen) atoms. The molecule has 0 bridgehead atoms. The molecule has 1 amide bonds. The van der Waals surface area contributed by atoms with Crippen molar-refractivity contribution in [2.24, 2.45) is 11.3 Å². The highest BCUT2D eigenvalue weighted by Crippen LogP contribution is 2.25. The lowest BCUT2D eigenvalue weighted by Gasteiger charge is -2.26. The molecule has 0 spiro atoms. The molecule has 4 nitrogen and oxygen atoms in total. The zero-order chi connectivity index (χ0) is 15.2. The van der Waals surface area contributed by atoms with Crippen LogP contribution in [0.4, 0.5) is 0 Å². The Morgan fingerprint density at radius 2 is 2.10 bits per heavy atom. The van der Waals surface area contributed by atoms with E-state index in [-0.39, 0.29) is 23.8 Å². The number of carbonyl (C=O) groups is 1. The van der Waals surface area contributed by atoms with E-state index in [0.717, 1.165) is 5.56 Å². The summed E-state index contributed by atoms with van der Waals surface area (Å²) < 4.78 is 5.54. The molecular formula is C16H25NO3. The summed E-state index contributed by atoms with van der Waals surface area (Å²) in [7, 11) is 0. The number of amides is 1. The van der Waals surface area contributed by atoms with Gasteiger partial charge >= 0.3 is 0 Å². The maximum absolute atomic E-state index is 11.9. The number of hydrogen-bond acceptors (Lipinski definition) is 3. The maximum atomic E-state index is 11.9. The standard InChI is InChI=1S/C16H25NO3/c1-12(16(2,3)4)15(19)17-8-9-20-14-7-5-6-13(10-14)11-18/h5-7,10,12,18H,8-9,11H2,1-4H3,(H,17,19). The van der Waals surface area contributed by atoms with E-state index in [9.17, 15) is 4.79 Å². The van der Waals surface area contributed by atoms with Crippen molar-refractivity contribution in [3.63, 3.8) is 0 Å². The van der Waals surface area contributed by atoms with Crippen LogP contribution in [0.25, 0.3) is 0 Å². The Labute approximate surface area is 121 Å². The van der Waals surface area contributed by atoms with Crippen molar-refractivity contribution in [2.75, 3.05) is 13.2 Å². The number of rotatable bonds is 6. The van der Waals surface area contributed by atoms with E-state index in [2.05, 4.69) is 5.32 Å². The first-order valence-electron chi connectivity index (χ1n) is 6.95. The Bertz CT molecular complexity index is 438. The summed E-state index contributed by atoms with van der Waals surface area (Å²) in [6, 6.07) is 7.29. The topological polar surface area (TPSA) is 58.6 Å². The Balaban J connectivity index is 2.33. The summed E-state index contributed by atoms with van der Waals surface area (Å²) in [6.45, 7) is 8.97. The molecule has 0 aliphatic carbocycles. The second-order valence-corrected chi connectivity index (χ2v) is 6.03. The Morgan fingerprint density at radius 1 is 1.40 bits per heavy atom. The number of ether oxygens (including phenoxy) is 1. The third kappa shape index (κ3) is 5.21. The van der Waals surface area contributed by atoms with Gasteiger partial charge in [-0.1, -0.05) is 39.8 Å². The van der Waals surface area contributed by atoms with Crippen molar-refractivity contribution in [1.29, 1.82) is 0 Å². The minimum Gasteiger partial charge on any atom is -0.492 e. The van der Waals surface area contributed by atoms with E-state index in [1.54, 1.807) is 6.07 Å². The normalized spacial score (nSPS) is 12.8. The minimum atomic E-state index is -0.0415. The van der Waals surface area contributed by atoms with Crippen LogP contribution in [0.1, 0.15) is 33.3 Å². The van der Waals surface area contributed by atoms with Crippen molar-refractivity contribution in [3.8, 4) is 5.75 Å². The third-order valence-electron chi connectivity index (χ3n) is 3.44. The molecule has 0 heterocycles. The molecule has 0 aliphatic rings. The van der Waals surface area contributed by atoms with Gasteiger partial charge in [-0.15, -0.1) is 0 Å². The number of benzene rings is 1. The summed E-state index contributed by atoms with van der Waals surface area (Å²) in [4.78, 5) is 11.9. The van der Waals surface area contributed by atoms with Crippen molar-refractivity contribution < 1.29 is 14.6 Å². The lowest BCUT2D eigenvalue weighted by Crippen LogP contribution is -2.38. The largest absolute Gasteiger partial charge is 0.492 e. The lowest BCUT2D eigenvalue weighted by molar-refractivity contribution is -0.127. The predicted octanol–water partition coefficient (Wildman–Crippen LogP) is 2.36. The van der Waals surface area contributed by atoms with E-state index in [4.69, 9.17) is 9.84 Å². The number of aliphatic hydroxyl groups is 1. The van der Waals surface area contributed by atoms with Gasteiger partial charge in [0.2, 0.25) is 5.91 Å². The van der Waals surface area contributed by atoms with Gasteiger partial charge < -0.3 is 15.2 Å². The van der Waals surface area contributed by atoms with Gasteiger partial charge in [0.25, 0.3) is 0 Å². The van der Waals surface area contributed by atoms with E-state index in [1.807, 2.05) is 45.9 Å². The van der Waals surface area contributed by atoms with Crippen LogP contribution in [0.5, 0.6) is 5.75 Å². The molecule has 4 heteroatoms. The molecule has 1 aromatic rings. The Kier molecular flexibility index (Phi) is 6.02. The molecule has 1 rings (SSSR count). The molecule has 0 saturated carbocycles. The minimum absolute atomic E-state index is 0.00294. The van der Waals surface area contributed by atoms with Crippen LogP contribution in [-0.4, -0.2) is 24.2 Å². The van der Waals surface area contributed by atoms with Gasteiger partial charge in [0.1, 0.15) is 12.4 Å². The quantitative estimate of drug-likeness (QED) is 0.786. The zero-order valence-electron chi connectivity index (χ0n) is 12.8. The van der Waals surface area contributed by atoms with Crippen LogP contribution in [0.3, 0.4) is 0 Å². The van der Waals surface area contributed by atoms with Crippen molar-refractivity contribution >= 4 is 5.91 Å². The van der Waals surface area contributed by atoms with Gasteiger partial charge in [0.15, 0.2) is 0 Å². The first-order valence-corrected chi connectivity index (χ1v) is 6.95. The summed E-state index contributed by atoms with van der Waals surface area (Å²) in [5.74, 6) is 0.708. The molecule has 0 saturated heterocycles. The third-order valence-corrected chi connectivity index (χ3v) is 3.44. The van der Waals surface area contributed by atoms with Crippen LogP contribution in [0.15, 0.2) is 24.3 Å². The molecule has 0 fully saturated rings. The summed E-state index contributed by atoms with van der Waals surface area (Å²) in [5.41, 5.74) is 0.772. The van der Waals surface area contributed by atoms with Gasteiger partial charge in [-0.25, -0.2) is 0 Å². The molecule has 1 atom stereocenters.